The predicted octanol–water partition coefficient (Wildman–Crippen LogP) is 3.88. The van der Waals surface area contributed by atoms with E-state index in [1.807, 2.05) is 42.1 Å². The Morgan fingerprint density at radius 3 is 2.75 bits per heavy atom. The summed E-state index contributed by atoms with van der Waals surface area (Å²) in [5, 5.41) is 10.6. The SMILES string of the molecule is Cn1ccnc1-n1c(=O)n(Cc2cc3cc(Cl)ccc3n2CCCC#N)c2cnccc21. The lowest BCUT2D eigenvalue weighted by molar-refractivity contribution is 0.619. The number of halogens is 1. The van der Waals surface area contributed by atoms with Crippen LogP contribution in [0.4, 0.5) is 0 Å². The maximum Gasteiger partial charge on any atom is 0.336 e. The number of benzene rings is 1. The van der Waals surface area contributed by atoms with Crippen LogP contribution >= 0.6 is 11.6 Å². The molecule has 0 unspecified atom stereocenters. The molecule has 4 aromatic heterocycles. The molecule has 5 aromatic rings. The fraction of sp³-hybridized carbons (Fsp3) is 0.217. The number of hydrogen-bond donors (Lipinski definition) is 0. The zero-order valence-electron chi connectivity index (χ0n) is 17.4. The molecule has 0 aliphatic carbocycles. The Hall–Kier alpha value is -3.83. The molecule has 160 valence electrons. The second kappa shape index (κ2) is 8.02. The number of nitriles is 1. The summed E-state index contributed by atoms with van der Waals surface area (Å²) in [4.78, 5) is 22.2. The monoisotopic (exact) mass is 445 g/mol. The van der Waals surface area contributed by atoms with Crippen molar-refractivity contribution in [3.8, 4) is 12.0 Å². The zero-order valence-corrected chi connectivity index (χ0v) is 18.2. The molecule has 0 aliphatic rings. The first-order valence-electron chi connectivity index (χ1n) is 10.3. The molecular formula is C23H20ClN7O. The van der Waals surface area contributed by atoms with E-state index >= 15 is 0 Å². The van der Waals surface area contributed by atoms with Crippen molar-refractivity contribution in [2.24, 2.45) is 7.05 Å². The second-order valence-electron chi connectivity index (χ2n) is 7.66. The van der Waals surface area contributed by atoms with Gasteiger partial charge in [0.1, 0.15) is 0 Å². The molecule has 9 heteroatoms. The van der Waals surface area contributed by atoms with Crippen LogP contribution < -0.4 is 5.69 Å². The van der Waals surface area contributed by atoms with Crippen LogP contribution in [-0.4, -0.2) is 28.2 Å². The third-order valence-electron chi connectivity index (χ3n) is 5.67. The van der Waals surface area contributed by atoms with Gasteiger partial charge in [0.05, 0.1) is 29.8 Å². The standard InChI is InChI=1S/C23H20ClN7O/c1-28-11-9-27-22(28)31-20-6-8-26-14-21(20)30(23(31)32)15-18-13-16-12-17(24)4-5-19(16)29(18)10-3-2-7-25/h4-6,8-9,11-14H,2-3,10,15H2,1H3. The van der Waals surface area contributed by atoms with Crippen molar-refractivity contribution in [3.63, 3.8) is 0 Å². The van der Waals surface area contributed by atoms with Gasteiger partial charge in [-0.3, -0.25) is 9.55 Å². The molecule has 0 aliphatic heterocycles. The Bertz CT molecular complexity index is 1550. The van der Waals surface area contributed by atoms with E-state index in [9.17, 15) is 4.79 Å². The lowest BCUT2D eigenvalue weighted by Gasteiger charge is -2.11. The zero-order chi connectivity index (χ0) is 22.2. The summed E-state index contributed by atoms with van der Waals surface area (Å²) in [6.45, 7) is 1.04. The van der Waals surface area contributed by atoms with Crippen LogP contribution in [0.2, 0.25) is 5.02 Å². The van der Waals surface area contributed by atoms with Gasteiger partial charge >= 0.3 is 5.69 Å². The maximum absolute atomic E-state index is 13.6. The van der Waals surface area contributed by atoms with Gasteiger partial charge in [-0.25, -0.2) is 14.3 Å². The summed E-state index contributed by atoms with van der Waals surface area (Å²) < 4.78 is 7.30. The molecule has 4 heterocycles. The van der Waals surface area contributed by atoms with E-state index in [0.717, 1.165) is 34.1 Å². The van der Waals surface area contributed by atoms with Gasteiger partial charge in [-0.2, -0.15) is 5.26 Å². The molecule has 0 spiro atoms. The van der Waals surface area contributed by atoms with E-state index in [-0.39, 0.29) is 5.69 Å². The molecule has 5 rings (SSSR count). The van der Waals surface area contributed by atoms with Gasteiger partial charge in [0.15, 0.2) is 0 Å². The Labute approximate surface area is 188 Å². The van der Waals surface area contributed by atoms with Crippen molar-refractivity contribution in [2.75, 3.05) is 0 Å². The summed E-state index contributed by atoms with van der Waals surface area (Å²) in [6, 6.07) is 11.8. The van der Waals surface area contributed by atoms with Gasteiger partial charge in [-0.05, 0) is 36.8 Å². The molecule has 1 aromatic carbocycles. The van der Waals surface area contributed by atoms with E-state index in [1.165, 1.54) is 0 Å². The van der Waals surface area contributed by atoms with E-state index < -0.39 is 0 Å². The molecule has 0 saturated heterocycles. The molecule has 8 nitrogen and oxygen atoms in total. The minimum absolute atomic E-state index is 0.186. The Kier molecular flexibility index (Phi) is 5.04. The second-order valence-corrected chi connectivity index (χ2v) is 8.10. The van der Waals surface area contributed by atoms with Crippen molar-refractivity contribution < 1.29 is 0 Å². The lowest BCUT2D eigenvalue weighted by atomic mass is 10.2. The number of nitrogens with zero attached hydrogens (tertiary/aromatic N) is 7. The quantitative estimate of drug-likeness (QED) is 0.371. The van der Waals surface area contributed by atoms with Crippen molar-refractivity contribution >= 4 is 33.5 Å². The Morgan fingerprint density at radius 1 is 1.09 bits per heavy atom. The summed E-state index contributed by atoms with van der Waals surface area (Å²) in [7, 11) is 1.86. The number of aromatic nitrogens is 6. The topological polar surface area (TPSA) is 86.4 Å². The van der Waals surface area contributed by atoms with Crippen molar-refractivity contribution in [3.05, 3.63) is 76.3 Å². The van der Waals surface area contributed by atoms with Gasteiger partial charge in [0, 0.05) is 60.2 Å². The first kappa shape index (κ1) is 20.1. The third kappa shape index (κ3) is 3.27. The highest BCUT2D eigenvalue weighted by atomic mass is 35.5. The minimum Gasteiger partial charge on any atom is -0.343 e. The third-order valence-corrected chi connectivity index (χ3v) is 5.90. The van der Waals surface area contributed by atoms with Crippen LogP contribution in [0.25, 0.3) is 27.9 Å². The molecule has 32 heavy (non-hydrogen) atoms. The van der Waals surface area contributed by atoms with Crippen LogP contribution in [0, 0.1) is 11.3 Å². The van der Waals surface area contributed by atoms with E-state index in [1.54, 1.807) is 27.7 Å². The van der Waals surface area contributed by atoms with Crippen molar-refractivity contribution in [1.29, 1.82) is 5.26 Å². The molecule has 0 bridgehead atoms. The minimum atomic E-state index is -0.186. The average Bonchev–Trinajstić information content (AvgIpc) is 3.43. The number of imidazole rings is 2. The van der Waals surface area contributed by atoms with Gasteiger partial charge in [-0.15, -0.1) is 0 Å². The fourth-order valence-electron chi connectivity index (χ4n) is 4.19. The number of hydrogen-bond acceptors (Lipinski definition) is 4. The van der Waals surface area contributed by atoms with Crippen LogP contribution in [0.15, 0.2) is 59.9 Å². The van der Waals surface area contributed by atoms with E-state index in [4.69, 9.17) is 16.9 Å². The van der Waals surface area contributed by atoms with Gasteiger partial charge in [0.2, 0.25) is 5.95 Å². The highest BCUT2D eigenvalue weighted by Gasteiger charge is 2.19. The maximum atomic E-state index is 13.6. The van der Waals surface area contributed by atoms with Crippen molar-refractivity contribution in [2.45, 2.75) is 25.9 Å². The van der Waals surface area contributed by atoms with Gasteiger partial charge in [0.25, 0.3) is 0 Å². The number of pyridine rings is 1. The predicted molar refractivity (Wildman–Crippen MR) is 123 cm³/mol. The Morgan fingerprint density at radius 2 is 1.97 bits per heavy atom. The summed E-state index contributed by atoms with van der Waals surface area (Å²) >= 11 is 6.22. The summed E-state index contributed by atoms with van der Waals surface area (Å²) in [5.41, 5.74) is 3.28. The van der Waals surface area contributed by atoms with Crippen molar-refractivity contribution in [1.82, 2.24) is 28.2 Å². The molecule has 0 amide bonds. The normalized spacial score (nSPS) is 11.4. The molecule has 0 N–H and O–H groups in total. The average molecular weight is 446 g/mol. The molecule has 0 radical (unpaired) electrons. The highest BCUT2D eigenvalue weighted by Crippen LogP contribution is 2.26. The van der Waals surface area contributed by atoms with E-state index in [2.05, 4.69) is 26.7 Å². The van der Waals surface area contributed by atoms with Gasteiger partial charge in [-0.1, -0.05) is 11.6 Å². The number of fused-ring (bicyclic) bond motifs is 2. The number of unbranched alkanes of at least 4 members (excludes halogenated alkanes) is 1. The first-order valence-corrected chi connectivity index (χ1v) is 10.6. The molecule has 0 saturated carbocycles. The first-order chi connectivity index (χ1) is 15.6. The molecule has 0 atom stereocenters. The largest absolute Gasteiger partial charge is 0.343 e. The fourth-order valence-corrected chi connectivity index (χ4v) is 4.37. The molecular weight excluding hydrogens is 426 g/mol. The summed E-state index contributed by atoms with van der Waals surface area (Å²) in [5.74, 6) is 0.547. The lowest BCUT2D eigenvalue weighted by Crippen LogP contribution is -2.26. The van der Waals surface area contributed by atoms with Crippen LogP contribution in [-0.2, 0) is 20.1 Å². The number of rotatable bonds is 6. The highest BCUT2D eigenvalue weighted by molar-refractivity contribution is 6.31. The van der Waals surface area contributed by atoms with Crippen LogP contribution in [0.5, 0.6) is 0 Å². The van der Waals surface area contributed by atoms with Crippen LogP contribution in [0.1, 0.15) is 18.5 Å². The number of aryl methyl sites for hydroxylation is 2. The smallest absolute Gasteiger partial charge is 0.336 e. The van der Waals surface area contributed by atoms with Gasteiger partial charge < -0.3 is 9.13 Å². The summed E-state index contributed by atoms with van der Waals surface area (Å²) in [6.07, 6.45) is 8.05. The van der Waals surface area contributed by atoms with Crippen LogP contribution in [0.3, 0.4) is 0 Å². The Balaban J connectivity index is 1.68. The van der Waals surface area contributed by atoms with E-state index in [0.29, 0.717) is 30.5 Å². The molecule has 0 fully saturated rings.